The van der Waals surface area contributed by atoms with Gasteiger partial charge in [-0.05, 0) is 47.5 Å². The van der Waals surface area contributed by atoms with Crippen LogP contribution >= 0.6 is 31.9 Å². The number of rotatable bonds is 8. The van der Waals surface area contributed by atoms with Gasteiger partial charge in [-0.3, -0.25) is 9.59 Å². The van der Waals surface area contributed by atoms with Crippen molar-refractivity contribution in [3.8, 4) is 0 Å². The molecule has 2 unspecified atom stereocenters. The molecule has 42 heavy (non-hydrogen) atoms. The Labute approximate surface area is 261 Å². The lowest BCUT2D eigenvalue weighted by Gasteiger charge is -2.43. The van der Waals surface area contributed by atoms with Crippen LogP contribution in [0.1, 0.15) is 11.1 Å². The lowest BCUT2D eigenvalue weighted by molar-refractivity contribution is -0.150. The largest absolute Gasteiger partial charge is 0.271 e. The third-order valence-corrected chi connectivity index (χ3v) is 11.4. The van der Waals surface area contributed by atoms with E-state index in [4.69, 9.17) is 0 Å². The Bertz CT molecular complexity index is 1720. The normalized spacial score (nSPS) is 17.9. The van der Waals surface area contributed by atoms with Gasteiger partial charge in [0.05, 0.1) is 9.79 Å². The summed E-state index contributed by atoms with van der Waals surface area (Å²) in [4.78, 5) is 28.4. The molecule has 8 nitrogen and oxygen atoms in total. The number of halogens is 2. The topological polar surface area (TPSA) is 109 Å². The molecule has 4 aromatic rings. The maximum absolute atomic E-state index is 14.4. The first-order valence-electron chi connectivity index (χ1n) is 12.8. The fraction of sp³-hybridized carbons (Fsp3) is 0.133. The molecular formula is C30H24Br2N2O6S2. The highest BCUT2D eigenvalue weighted by Gasteiger charge is 2.55. The fourth-order valence-corrected chi connectivity index (χ4v) is 9.20. The van der Waals surface area contributed by atoms with Crippen LogP contribution in [0, 0.1) is 0 Å². The minimum atomic E-state index is -4.60. The first-order valence-corrected chi connectivity index (χ1v) is 17.2. The molecule has 2 amide bonds. The van der Waals surface area contributed by atoms with Crippen LogP contribution in [0.5, 0.6) is 0 Å². The Morgan fingerprint density at radius 2 is 0.881 bits per heavy atom. The van der Waals surface area contributed by atoms with E-state index in [0.29, 0.717) is 28.7 Å². The van der Waals surface area contributed by atoms with Gasteiger partial charge in [-0.15, -0.1) is 0 Å². The molecule has 4 aromatic carbocycles. The Morgan fingerprint density at radius 1 is 0.524 bits per heavy atom. The van der Waals surface area contributed by atoms with E-state index < -0.39 is 43.9 Å². The summed E-state index contributed by atoms with van der Waals surface area (Å²) in [7, 11) is -9.19. The van der Waals surface area contributed by atoms with Crippen LogP contribution in [0.2, 0.25) is 0 Å². The second-order valence-electron chi connectivity index (χ2n) is 9.60. The summed E-state index contributed by atoms with van der Waals surface area (Å²) in [5.41, 5.74) is 1.11. The number of nitrogens with zero attached hydrogens (tertiary/aromatic N) is 2. The molecule has 1 fully saturated rings. The summed E-state index contributed by atoms with van der Waals surface area (Å²) in [6.45, 7) is 0. The van der Waals surface area contributed by atoms with E-state index >= 15 is 0 Å². The van der Waals surface area contributed by atoms with E-state index in [0.717, 1.165) is 0 Å². The van der Waals surface area contributed by atoms with Gasteiger partial charge in [0.2, 0.25) is 0 Å². The summed E-state index contributed by atoms with van der Waals surface area (Å²) >= 11 is 6.54. The summed E-state index contributed by atoms with van der Waals surface area (Å²) in [5, 5.41) is 0. The second-order valence-corrected chi connectivity index (χ2v) is 15.1. The van der Waals surface area contributed by atoms with Crippen molar-refractivity contribution in [1.29, 1.82) is 0 Å². The average molecular weight is 732 g/mol. The van der Waals surface area contributed by atoms with Gasteiger partial charge in [-0.25, -0.2) is 25.4 Å². The van der Waals surface area contributed by atoms with Gasteiger partial charge in [0.1, 0.15) is 12.1 Å². The van der Waals surface area contributed by atoms with Crippen molar-refractivity contribution in [3.63, 3.8) is 0 Å². The van der Waals surface area contributed by atoms with Crippen molar-refractivity contribution in [2.24, 2.45) is 0 Å². The molecule has 0 saturated carbocycles. The molecule has 0 spiro atoms. The van der Waals surface area contributed by atoms with Crippen LogP contribution < -0.4 is 0 Å². The van der Waals surface area contributed by atoms with Gasteiger partial charge in [0.15, 0.2) is 0 Å². The zero-order valence-corrected chi connectivity index (χ0v) is 26.7. The van der Waals surface area contributed by atoms with Crippen molar-refractivity contribution < 1.29 is 26.4 Å². The number of hydrogen-bond donors (Lipinski definition) is 0. The van der Waals surface area contributed by atoms with E-state index in [9.17, 15) is 26.4 Å². The third-order valence-electron chi connectivity index (χ3n) is 6.82. The van der Waals surface area contributed by atoms with Crippen molar-refractivity contribution in [1.82, 2.24) is 8.61 Å². The smallest absolute Gasteiger partial charge is 0.267 e. The maximum atomic E-state index is 14.4. The molecule has 0 aliphatic carbocycles. The van der Waals surface area contributed by atoms with Gasteiger partial charge in [0, 0.05) is 21.8 Å². The van der Waals surface area contributed by atoms with Gasteiger partial charge in [0.25, 0.3) is 31.9 Å². The summed E-state index contributed by atoms with van der Waals surface area (Å²) in [6, 6.07) is 25.4. The SMILES string of the molecule is O=C1C(Cc2ccccc2)N(S(=O)(=O)c2cccc(Br)c2)C(=O)C(Cc2ccccc2)N1S(=O)(=O)c1cccc(Br)c1. The van der Waals surface area contributed by atoms with E-state index in [1.54, 1.807) is 72.8 Å². The highest BCUT2D eigenvalue weighted by Crippen LogP contribution is 2.34. The number of hydrogen-bond acceptors (Lipinski definition) is 6. The number of piperazine rings is 1. The third kappa shape index (κ3) is 5.94. The van der Waals surface area contributed by atoms with E-state index in [1.807, 2.05) is 0 Å². The van der Waals surface area contributed by atoms with Gasteiger partial charge in [-0.2, -0.15) is 0 Å². The monoisotopic (exact) mass is 730 g/mol. The standard InChI is InChI=1S/C30H24Br2N2O6S2/c31-23-13-7-15-25(19-23)41(37,38)33-27(17-21-9-3-1-4-10-21)29(35)34(42(39,40)26-16-8-14-24(32)20-26)28(30(33)36)18-22-11-5-2-6-12-22/h1-16,19-20,27-28H,17-18H2. The van der Waals surface area contributed by atoms with Crippen molar-refractivity contribution >= 4 is 63.7 Å². The minimum Gasteiger partial charge on any atom is -0.271 e. The number of benzene rings is 4. The van der Waals surface area contributed by atoms with Crippen LogP contribution in [0.25, 0.3) is 0 Å². The Kier molecular flexibility index (Phi) is 8.70. The zero-order chi connectivity index (χ0) is 30.1. The van der Waals surface area contributed by atoms with Crippen LogP contribution in [0.3, 0.4) is 0 Å². The number of sulfonamides is 2. The molecule has 216 valence electrons. The molecule has 5 rings (SSSR count). The molecule has 0 radical (unpaired) electrons. The van der Waals surface area contributed by atoms with Gasteiger partial charge >= 0.3 is 0 Å². The minimum absolute atomic E-state index is 0.210. The quantitative estimate of drug-likeness (QED) is 0.247. The summed E-state index contributed by atoms with van der Waals surface area (Å²) < 4.78 is 58.6. The van der Waals surface area contributed by atoms with E-state index in [-0.39, 0.29) is 22.6 Å². The Morgan fingerprint density at radius 3 is 1.21 bits per heavy atom. The molecular weight excluding hydrogens is 708 g/mol. The van der Waals surface area contributed by atoms with Crippen molar-refractivity contribution in [2.45, 2.75) is 34.7 Å². The van der Waals surface area contributed by atoms with E-state index in [2.05, 4.69) is 31.9 Å². The van der Waals surface area contributed by atoms with Crippen molar-refractivity contribution in [3.05, 3.63) is 129 Å². The summed E-state index contributed by atoms with van der Waals surface area (Å²) in [6.07, 6.45) is -0.442. The molecule has 0 bridgehead atoms. The Balaban J connectivity index is 1.71. The molecule has 1 saturated heterocycles. The van der Waals surface area contributed by atoms with Crippen LogP contribution in [-0.4, -0.2) is 49.3 Å². The van der Waals surface area contributed by atoms with Crippen LogP contribution in [0.15, 0.2) is 128 Å². The first kappa shape index (κ1) is 30.1. The van der Waals surface area contributed by atoms with Crippen LogP contribution in [0.4, 0.5) is 0 Å². The number of carbonyl (C=O) groups is 2. The maximum Gasteiger partial charge on any atom is 0.267 e. The molecule has 2 atom stereocenters. The second kappa shape index (κ2) is 12.1. The van der Waals surface area contributed by atoms with Gasteiger partial charge in [-0.1, -0.05) is 105 Å². The lowest BCUT2D eigenvalue weighted by atomic mass is 9.98. The van der Waals surface area contributed by atoms with E-state index in [1.165, 1.54) is 36.4 Å². The number of amides is 2. The molecule has 0 N–H and O–H groups in total. The Hall–Kier alpha value is -3.32. The zero-order valence-electron chi connectivity index (χ0n) is 21.9. The first-order chi connectivity index (χ1) is 20.0. The number of carbonyl (C=O) groups excluding carboxylic acids is 2. The molecule has 12 heteroatoms. The van der Waals surface area contributed by atoms with Gasteiger partial charge < -0.3 is 0 Å². The average Bonchev–Trinajstić information content (AvgIpc) is 2.96. The van der Waals surface area contributed by atoms with Crippen molar-refractivity contribution in [2.75, 3.05) is 0 Å². The summed E-state index contributed by atoms with van der Waals surface area (Å²) in [5.74, 6) is -2.03. The highest BCUT2D eigenvalue weighted by molar-refractivity contribution is 9.10. The molecule has 1 aliphatic heterocycles. The van der Waals surface area contributed by atoms with Crippen LogP contribution in [-0.2, 0) is 42.5 Å². The molecule has 1 heterocycles. The fourth-order valence-electron chi connectivity index (χ4n) is 4.87. The lowest BCUT2D eigenvalue weighted by Crippen LogP contribution is -2.68. The predicted molar refractivity (Wildman–Crippen MR) is 164 cm³/mol. The predicted octanol–water partition coefficient (Wildman–Crippen LogP) is 5.18. The molecule has 0 aromatic heterocycles. The highest BCUT2D eigenvalue weighted by atomic mass is 79.9. The molecule has 1 aliphatic rings.